The number of nitrogens with one attached hydrogen (secondary N) is 2. The molecule has 0 radical (unpaired) electrons. The highest BCUT2D eigenvalue weighted by Crippen LogP contribution is 2.26. The molecule has 1 amide bonds. The highest BCUT2D eigenvalue weighted by Gasteiger charge is 2.19. The van der Waals surface area contributed by atoms with E-state index in [1.54, 1.807) is 35.1 Å². The Labute approximate surface area is 193 Å². The predicted molar refractivity (Wildman–Crippen MR) is 131 cm³/mol. The molecule has 4 rings (SSSR count). The Morgan fingerprint density at radius 3 is 2.15 bits per heavy atom. The van der Waals surface area contributed by atoms with E-state index < -0.39 is 10.0 Å². The van der Waals surface area contributed by atoms with Crippen LogP contribution < -0.4 is 10.0 Å². The number of carbonyl (C=O) groups excluding carboxylic acids is 1. The average molecular weight is 461 g/mol. The number of para-hydroxylation sites is 1. The number of amides is 1. The lowest BCUT2D eigenvalue weighted by Crippen LogP contribution is -2.13. The Kier molecular flexibility index (Phi) is 6.28. The van der Waals surface area contributed by atoms with Crippen LogP contribution in [0.4, 0.5) is 11.4 Å². The van der Waals surface area contributed by atoms with Gasteiger partial charge in [-0.05, 0) is 48.4 Å². The van der Waals surface area contributed by atoms with Crippen molar-refractivity contribution in [2.75, 3.05) is 16.3 Å². The first-order chi connectivity index (χ1) is 15.8. The maximum atomic E-state index is 13.2. The minimum atomic E-state index is -3.37. The zero-order valence-electron chi connectivity index (χ0n) is 18.3. The van der Waals surface area contributed by atoms with Gasteiger partial charge in [0.15, 0.2) is 0 Å². The van der Waals surface area contributed by atoms with Crippen LogP contribution in [-0.4, -0.2) is 30.4 Å². The highest BCUT2D eigenvalue weighted by atomic mass is 32.2. The summed E-state index contributed by atoms with van der Waals surface area (Å²) in [6.45, 7) is 2.09. The zero-order valence-corrected chi connectivity index (χ0v) is 19.1. The van der Waals surface area contributed by atoms with Crippen LogP contribution >= 0.6 is 0 Å². The third-order valence-electron chi connectivity index (χ3n) is 5.06. The monoisotopic (exact) mass is 460 g/mol. The number of carbonyl (C=O) groups is 1. The third kappa shape index (κ3) is 5.48. The number of nitrogens with zero attached hydrogens (tertiary/aromatic N) is 2. The largest absolute Gasteiger partial charge is 0.322 e. The van der Waals surface area contributed by atoms with Crippen molar-refractivity contribution in [3.05, 3.63) is 96.2 Å². The molecule has 0 spiro atoms. The fraction of sp³-hybridized carbons (Fsp3) is 0.120. The summed E-state index contributed by atoms with van der Waals surface area (Å²) in [4.78, 5) is 13.2. The first kappa shape index (κ1) is 22.3. The van der Waals surface area contributed by atoms with Crippen LogP contribution in [0.2, 0.25) is 0 Å². The Hall–Kier alpha value is -3.91. The van der Waals surface area contributed by atoms with Crippen molar-refractivity contribution in [1.29, 1.82) is 0 Å². The van der Waals surface area contributed by atoms with Gasteiger partial charge in [0.25, 0.3) is 5.91 Å². The molecule has 2 N–H and O–H groups in total. The van der Waals surface area contributed by atoms with Gasteiger partial charge in [-0.2, -0.15) is 5.10 Å². The zero-order chi connectivity index (χ0) is 23.4. The van der Waals surface area contributed by atoms with Crippen LogP contribution in [0, 0.1) is 0 Å². The minimum absolute atomic E-state index is 0.310. The fourth-order valence-corrected chi connectivity index (χ4v) is 3.96. The molecule has 0 fully saturated rings. The molecular weight excluding hydrogens is 436 g/mol. The van der Waals surface area contributed by atoms with E-state index in [0.29, 0.717) is 22.6 Å². The Balaban J connectivity index is 1.66. The van der Waals surface area contributed by atoms with Gasteiger partial charge in [0, 0.05) is 23.1 Å². The molecule has 0 unspecified atom stereocenters. The van der Waals surface area contributed by atoms with Gasteiger partial charge in [-0.15, -0.1) is 0 Å². The van der Waals surface area contributed by atoms with E-state index in [2.05, 4.69) is 17.0 Å². The van der Waals surface area contributed by atoms with Crippen molar-refractivity contribution in [1.82, 2.24) is 9.78 Å². The summed E-state index contributed by atoms with van der Waals surface area (Å²) in [5.74, 6) is -0.310. The van der Waals surface area contributed by atoms with E-state index >= 15 is 0 Å². The summed E-state index contributed by atoms with van der Waals surface area (Å²) in [7, 11) is -3.37. The van der Waals surface area contributed by atoms with Crippen molar-refractivity contribution in [2.24, 2.45) is 0 Å². The van der Waals surface area contributed by atoms with Crippen LogP contribution in [0.3, 0.4) is 0 Å². The Morgan fingerprint density at radius 1 is 0.909 bits per heavy atom. The van der Waals surface area contributed by atoms with Gasteiger partial charge in [-0.1, -0.05) is 49.4 Å². The summed E-state index contributed by atoms with van der Waals surface area (Å²) in [5.41, 5.74) is 4.87. The second kappa shape index (κ2) is 9.30. The third-order valence-corrected chi connectivity index (χ3v) is 5.67. The van der Waals surface area contributed by atoms with Gasteiger partial charge in [0.1, 0.15) is 5.69 Å². The molecule has 0 aliphatic rings. The lowest BCUT2D eigenvalue weighted by atomic mass is 10.0. The van der Waals surface area contributed by atoms with Crippen LogP contribution in [0.25, 0.3) is 16.9 Å². The van der Waals surface area contributed by atoms with Crippen molar-refractivity contribution in [2.45, 2.75) is 13.3 Å². The van der Waals surface area contributed by atoms with Gasteiger partial charge in [0.05, 0.1) is 17.5 Å². The van der Waals surface area contributed by atoms with Crippen molar-refractivity contribution in [3.63, 3.8) is 0 Å². The molecule has 7 nitrogen and oxygen atoms in total. The second-order valence-corrected chi connectivity index (χ2v) is 9.38. The number of aromatic nitrogens is 2. The molecule has 168 valence electrons. The fourth-order valence-electron chi connectivity index (χ4n) is 3.40. The first-order valence-corrected chi connectivity index (χ1v) is 12.3. The molecule has 0 saturated heterocycles. The molecule has 1 aromatic heterocycles. The number of anilines is 2. The smallest absolute Gasteiger partial charge is 0.259 e. The maximum Gasteiger partial charge on any atom is 0.259 e. The summed E-state index contributed by atoms with van der Waals surface area (Å²) >= 11 is 0. The molecule has 1 heterocycles. The van der Waals surface area contributed by atoms with Crippen molar-refractivity contribution in [3.8, 4) is 16.9 Å². The summed E-state index contributed by atoms with van der Waals surface area (Å²) in [6, 6.07) is 24.1. The predicted octanol–water partition coefficient (Wildman–Crippen LogP) is 4.73. The van der Waals surface area contributed by atoms with Gasteiger partial charge >= 0.3 is 0 Å². The van der Waals surface area contributed by atoms with E-state index in [1.807, 2.05) is 54.6 Å². The molecule has 0 bridgehead atoms. The number of rotatable bonds is 7. The molecule has 4 aromatic rings. The molecule has 8 heteroatoms. The lowest BCUT2D eigenvalue weighted by molar-refractivity contribution is 0.102. The lowest BCUT2D eigenvalue weighted by Gasteiger charge is -2.08. The second-order valence-electron chi connectivity index (χ2n) is 7.63. The normalized spacial score (nSPS) is 11.2. The number of hydrogen-bond donors (Lipinski definition) is 2. The van der Waals surface area contributed by atoms with Gasteiger partial charge in [-0.25, -0.2) is 13.1 Å². The minimum Gasteiger partial charge on any atom is -0.322 e. The Bertz CT molecular complexity index is 1360. The van der Waals surface area contributed by atoms with Gasteiger partial charge in [0.2, 0.25) is 10.0 Å². The molecule has 3 aromatic carbocycles. The number of hydrogen-bond acceptors (Lipinski definition) is 4. The van der Waals surface area contributed by atoms with E-state index in [1.165, 1.54) is 5.56 Å². The van der Waals surface area contributed by atoms with E-state index in [0.717, 1.165) is 23.9 Å². The van der Waals surface area contributed by atoms with Crippen molar-refractivity contribution >= 4 is 27.3 Å². The molecule has 0 saturated carbocycles. The maximum absolute atomic E-state index is 13.2. The quantitative estimate of drug-likeness (QED) is 0.417. The average Bonchev–Trinajstić information content (AvgIpc) is 3.26. The van der Waals surface area contributed by atoms with Gasteiger partial charge < -0.3 is 5.32 Å². The highest BCUT2D eigenvalue weighted by molar-refractivity contribution is 7.92. The summed E-state index contributed by atoms with van der Waals surface area (Å²) in [6.07, 6.45) is 3.73. The Morgan fingerprint density at radius 2 is 1.55 bits per heavy atom. The number of benzene rings is 3. The van der Waals surface area contributed by atoms with Crippen LogP contribution in [-0.2, 0) is 16.4 Å². The SMILES string of the molecule is CCc1ccc(-c2nn(-c3ccccc3)cc2C(=O)Nc2ccc(NS(C)(=O)=O)cc2)cc1. The number of aryl methyl sites for hydroxylation is 1. The summed E-state index contributed by atoms with van der Waals surface area (Å²) in [5, 5.41) is 7.58. The molecule has 0 aliphatic heterocycles. The first-order valence-electron chi connectivity index (χ1n) is 10.5. The topological polar surface area (TPSA) is 93.1 Å². The van der Waals surface area contributed by atoms with Crippen molar-refractivity contribution < 1.29 is 13.2 Å². The van der Waals surface area contributed by atoms with E-state index in [4.69, 9.17) is 5.10 Å². The standard InChI is InChI=1S/C25H24N4O3S/c1-3-18-9-11-19(12-10-18)24-23(17-29(27-24)22-7-5-4-6-8-22)25(30)26-20-13-15-21(16-14-20)28-33(2,31)32/h4-17,28H,3H2,1-2H3,(H,26,30). The van der Waals surface area contributed by atoms with Gasteiger partial charge in [-0.3, -0.25) is 9.52 Å². The van der Waals surface area contributed by atoms with Crippen LogP contribution in [0.1, 0.15) is 22.8 Å². The molecule has 0 atom stereocenters. The molecule has 0 aliphatic carbocycles. The molecule has 33 heavy (non-hydrogen) atoms. The summed E-state index contributed by atoms with van der Waals surface area (Å²) < 4.78 is 26.9. The van der Waals surface area contributed by atoms with Crippen LogP contribution in [0.5, 0.6) is 0 Å². The van der Waals surface area contributed by atoms with E-state index in [-0.39, 0.29) is 5.91 Å². The molecular formula is C25H24N4O3S. The number of sulfonamides is 1. The van der Waals surface area contributed by atoms with Crippen LogP contribution in [0.15, 0.2) is 85.1 Å². The van der Waals surface area contributed by atoms with E-state index in [9.17, 15) is 13.2 Å².